The fraction of sp³-hybridized carbons (Fsp3) is 0.640. The summed E-state index contributed by atoms with van der Waals surface area (Å²) in [4.78, 5) is 16.6. The summed E-state index contributed by atoms with van der Waals surface area (Å²) < 4.78 is 44.2. The van der Waals surface area contributed by atoms with Gasteiger partial charge in [0, 0.05) is 31.8 Å². The topological polar surface area (TPSA) is 32.8 Å². The molecule has 1 amide bonds. The SMILES string of the molecule is C=CCN(C)CCCCCCOC1CCC(N(C)C(=O)c2ccc(C(F)(F)F)cc2)CC1. The molecule has 0 bridgehead atoms. The van der Waals surface area contributed by atoms with Crippen LogP contribution < -0.4 is 0 Å². The number of amides is 1. The number of hydrogen-bond acceptors (Lipinski definition) is 3. The summed E-state index contributed by atoms with van der Waals surface area (Å²) in [5.41, 5.74) is -0.455. The number of unbranched alkanes of at least 4 members (excludes halogenated alkanes) is 3. The standard InChI is InChI=1S/C25H37F3N2O2/c1-4-17-29(2)18-7-5-6-8-19-32-23-15-13-22(14-16-23)30(3)24(31)20-9-11-21(12-10-20)25(26,27)28/h4,9-12,22-23H,1,5-8,13-19H2,2-3H3. The van der Waals surface area contributed by atoms with Crippen molar-refractivity contribution in [1.82, 2.24) is 9.80 Å². The van der Waals surface area contributed by atoms with E-state index >= 15 is 0 Å². The largest absolute Gasteiger partial charge is 0.416 e. The highest BCUT2D eigenvalue weighted by atomic mass is 19.4. The van der Waals surface area contributed by atoms with E-state index in [-0.39, 0.29) is 23.6 Å². The Morgan fingerprint density at radius 3 is 2.28 bits per heavy atom. The van der Waals surface area contributed by atoms with Gasteiger partial charge in [-0.1, -0.05) is 18.9 Å². The van der Waals surface area contributed by atoms with Gasteiger partial charge in [0.2, 0.25) is 0 Å². The van der Waals surface area contributed by atoms with Crippen LogP contribution in [0.5, 0.6) is 0 Å². The number of nitrogens with zero attached hydrogens (tertiary/aromatic N) is 2. The van der Waals surface area contributed by atoms with Crippen molar-refractivity contribution in [3.8, 4) is 0 Å². The monoisotopic (exact) mass is 454 g/mol. The van der Waals surface area contributed by atoms with Crippen molar-refractivity contribution in [3.05, 3.63) is 48.0 Å². The van der Waals surface area contributed by atoms with Crippen molar-refractivity contribution >= 4 is 5.91 Å². The summed E-state index contributed by atoms with van der Waals surface area (Å²) >= 11 is 0. The molecule has 0 radical (unpaired) electrons. The van der Waals surface area contributed by atoms with Crippen molar-refractivity contribution in [2.24, 2.45) is 0 Å². The van der Waals surface area contributed by atoms with E-state index in [9.17, 15) is 18.0 Å². The van der Waals surface area contributed by atoms with Crippen LogP contribution in [-0.2, 0) is 10.9 Å². The van der Waals surface area contributed by atoms with Gasteiger partial charge in [-0.05, 0) is 76.4 Å². The van der Waals surface area contributed by atoms with Gasteiger partial charge in [0.05, 0.1) is 11.7 Å². The molecule has 1 fully saturated rings. The number of ether oxygens (including phenoxy) is 1. The molecular weight excluding hydrogens is 417 g/mol. The van der Waals surface area contributed by atoms with Crippen molar-refractivity contribution in [2.75, 3.05) is 33.8 Å². The fourth-order valence-corrected chi connectivity index (χ4v) is 4.17. The third-order valence-electron chi connectivity index (χ3n) is 6.20. The summed E-state index contributed by atoms with van der Waals surface area (Å²) in [5, 5.41) is 0. The molecule has 7 heteroatoms. The van der Waals surface area contributed by atoms with Gasteiger partial charge in [-0.3, -0.25) is 4.79 Å². The summed E-state index contributed by atoms with van der Waals surface area (Å²) in [5.74, 6) is -0.234. The van der Waals surface area contributed by atoms with Gasteiger partial charge < -0.3 is 14.5 Å². The van der Waals surface area contributed by atoms with E-state index in [2.05, 4.69) is 18.5 Å². The maximum absolute atomic E-state index is 12.7. The Hall–Kier alpha value is -1.86. The second-order valence-corrected chi connectivity index (χ2v) is 8.76. The van der Waals surface area contributed by atoms with E-state index in [0.717, 1.165) is 63.9 Å². The zero-order chi connectivity index (χ0) is 23.6. The normalized spacial score (nSPS) is 19.2. The molecule has 1 aromatic carbocycles. The minimum atomic E-state index is -4.39. The molecule has 0 atom stereocenters. The predicted octanol–water partition coefficient (Wildman–Crippen LogP) is 5.78. The third kappa shape index (κ3) is 8.58. The Morgan fingerprint density at radius 1 is 1.06 bits per heavy atom. The minimum absolute atomic E-state index is 0.0946. The molecule has 2 rings (SSSR count). The lowest BCUT2D eigenvalue weighted by atomic mass is 9.91. The second kappa shape index (κ2) is 13.0. The number of carbonyl (C=O) groups excluding carboxylic acids is 1. The Bertz CT molecular complexity index is 698. The van der Waals surface area contributed by atoms with Gasteiger partial charge in [-0.25, -0.2) is 0 Å². The van der Waals surface area contributed by atoms with Crippen LogP contribution in [0.4, 0.5) is 13.2 Å². The molecule has 0 heterocycles. The minimum Gasteiger partial charge on any atom is -0.378 e. The van der Waals surface area contributed by atoms with Crippen LogP contribution in [0.15, 0.2) is 36.9 Å². The maximum Gasteiger partial charge on any atom is 0.416 e. The maximum atomic E-state index is 12.7. The molecule has 180 valence electrons. The Kier molecular flexibility index (Phi) is 10.7. The smallest absolute Gasteiger partial charge is 0.378 e. The van der Waals surface area contributed by atoms with Crippen LogP contribution in [0.3, 0.4) is 0 Å². The molecule has 0 aromatic heterocycles. The molecule has 1 aliphatic rings. The zero-order valence-electron chi connectivity index (χ0n) is 19.4. The average Bonchev–Trinajstić information content (AvgIpc) is 2.77. The average molecular weight is 455 g/mol. The van der Waals surface area contributed by atoms with E-state index in [4.69, 9.17) is 4.74 Å². The van der Waals surface area contributed by atoms with Crippen LogP contribution in [0.1, 0.15) is 67.3 Å². The first kappa shape index (κ1) is 26.4. The van der Waals surface area contributed by atoms with Crippen LogP contribution in [-0.4, -0.2) is 61.6 Å². The zero-order valence-corrected chi connectivity index (χ0v) is 19.4. The summed E-state index contributed by atoms with van der Waals surface area (Å²) in [7, 11) is 3.84. The molecule has 4 nitrogen and oxygen atoms in total. The highest BCUT2D eigenvalue weighted by molar-refractivity contribution is 5.94. The highest BCUT2D eigenvalue weighted by Crippen LogP contribution is 2.30. The van der Waals surface area contributed by atoms with Crippen LogP contribution in [0.2, 0.25) is 0 Å². The van der Waals surface area contributed by atoms with Crippen molar-refractivity contribution in [1.29, 1.82) is 0 Å². The molecule has 0 unspecified atom stereocenters. The number of carbonyl (C=O) groups is 1. The number of halogens is 3. The van der Waals surface area contributed by atoms with Gasteiger partial charge in [0.25, 0.3) is 5.91 Å². The Balaban J connectivity index is 1.63. The van der Waals surface area contributed by atoms with E-state index in [1.165, 1.54) is 31.4 Å². The predicted molar refractivity (Wildman–Crippen MR) is 122 cm³/mol. The molecule has 1 aromatic rings. The molecule has 0 spiro atoms. The first-order valence-corrected chi connectivity index (χ1v) is 11.6. The van der Waals surface area contributed by atoms with Gasteiger partial charge in [0.1, 0.15) is 0 Å². The lowest BCUT2D eigenvalue weighted by Crippen LogP contribution is -2.40. The van der Waals surface area contributed by atoms with Crippen LogP contribution >= 0.6 is 0 Å². The Morgan fingerprint density at radius 2 is 1.69 bits per heavy atom. The molecule has 32 heavy (non-hydrogen) atoms. The highest BCUT2D eigenvalue weighted by Gasteiger charge is 2.31. The number of benzene rings is 1. The quantitative estimate of drug-likeness (QED) is 0.296. The molecule has 0 saturated heterocycles. The summed E-state index contributed by atoms with van der Waals surface area (Å²) in [6.07, 6.45) is 5.90. The van der Waals surface area contributed by atoms with E-state index in [0.29, 0.717) is 0 Å². The van der Waals surface area contributed by atoms with Crippen LogP contribution in [0, 0.1) is 0 Å². The lowest BCUT2D eigenvalue weighted by Gasteiger charge is -2.34. The lowest BCUT2D eigenvalue weighted by molar-refractivity contribution is -0.137. The number of likely N-dealkylation sites (N-methyl/N-ethyl adjacent to an activating group) is 1. The number of alkyl halides is 3. The Labute approximate surface area is 190 Å². The molecule has 0 N–H and O–H groups in total. The van der Waals surface area contributed by atoms with Crippen molar-refractivity contribution < 1.29 is 22.7 Å². The summed E-state index contributed by atoms with van der Waals surface area (Å²) in [6, 6.07) is 4.54. The van der Waals surface area contributed by atoms with E-state index < -0.39 is 11.7 Å². The molecule has 1 saturated carbocycles. The first-order valence-electron chi connectivity index (χ1n) is 11.6. The summed E-state index contributed by atoms with van der Waals surface area (Å²) in [6.45, 7) is 6.55. The van der Waals surface area contributed by atoms with Crippen molar-refractivity contribution in [3.63, 3.8) is 0 Å². The van der Waals surface area contributed by atoms with Gasteiger partial charge >= 0.3 is 6.18 Å². The second-order valence-electron chi connectivity index (χ2n) is 8.76. The van der Waals surface area contributed by atoms with Gasteiger partial charge in [0.15, 0.2) is 0 Å². The van der Waals surface area contributed by atoms with Gasteiger partial charge in [-0.15, -0.1) is 6.58 Å². The fourth-order valence-electron chi connectivity index (χ4n) is 4.17. The molecule has 1 aliphatic carbocycles. The molecular formula is C25H37F3N2O2. The van der Waals surface area contributed by atoms with E-state index in [1.807, 2.05) is 6.08 Å². The van der Waals surface area contributed by atoms with Crippen molar-refractivity contribution in [2.45, 2.75) is 69.7 Å². The van der Waals surface area contributed by atoms with Gasteiger partial charge in [-0.2, -0.15) is 13.2 Å². The third-order valence-corrected chi connectivity index (χ3v) is 6.20. The van der Waals surface area contributed by atoms with E-state index in [1.54, 1.807) is 11.9 Å². The van der Waals surface area contributed by atoms with Crippen LogP contribution in [0.25, 0.3) is 0 Å². The number of hydrogen-bond donors (Lipinski definition) is 0. The molecule has 0 aliphatic heterocycles. The number of rotatable bonds is 12. The first-order chi connectivity index (χ1) is 15.2.